The second-order valence-corrected chi connectivity index (χ2v) is 7.47. The molecule has 0 unspecified atom stereocenters. The van der Waals surface area contributed by atoms with Crippen LogP contribution in [0.5, 0.6) is 0 Å². The number of rotatable bonds is 4. The van der Waals surface area contributed by atoms with Gasteiger partial charge in [0, 0.05) is 32.4 Å². The lowest BCUT2D eigenvalue weighted by molar-refractivity contribution is 0.0964. The molecule has 29 heavy (non-hydrogen) atoms. The van der Waals surface area contributed by atoms with Gasteiger partial charge in [-0.25, -0.2) is 9.98 Å². The quantitative estimate of drug-likeness (QED) is 0.696. The number of benzene rings is 1. The van der Waals surface area contributed by atoms with Gasteiger partial charge in [-0.1, -0.05) is 20.4 Å². The molecule has 0 atom stereocenters. The van der Waals surface area contributed by atoms with Crippen LogP contribution < -0.4 is 26.5 Å². The zero-order valence-electron chi connectivity index (χ0n) is 17.6. The van der Waals surface area contributed by atoms with Gasteiger partial charge in [-0.15, -0.1) is 0 Å². The maximum Gasteiger partial charge on any atom is 0.275 e. The molecule has 0 fully saturated rings. The fourth-order valence-corrected chi connectivity index (χ4v) is 3.22. The van der Waals surface area contributed by atoms with Crippen molar-refractivity contribution < 1.29 is 4.79 Å². The third-order valence-electron chi connectivity index (χ3n) is 4.84. The summed E-state index contributed by atoms with van der Waals surface area (Å²) in [5.41, 5.74) is 3.31. The Morgan fingerprint density at radius 2 is 2.03 bits per heavy atom. The van der Waals surface area contributed by atoms with Gasteiger partial charge in [-0.2, -0.15) is 4.52 Å². The van der Waals surface area contributed by atoms with Crippen LogP contribution in [0.15, 0.2) is 28.0 Å². The van der Waals surface area contributed by atoms with E-state index in [9.17, 15) is 9.59 Å². The number of H-pyrrole nitrogens is 1. The van der Waals surface area contributed by atoms with Crippen molar-refractivity contribution in [1.82, 2.24) is 19.9 Å². The Morgan fingerprint density at radius 1 is 1.34 bits per heavy atom. The normalized spacial score (nSPS) is 12.0. The zero-order valence-corrected chi connectivity index (χ0v) is 17.6. The van der Waals surface area contributed by atoms with Crippen molar-refractivity contribution in [3.63, 3.8) is 0 Å². The van der Waals surface area contributed by atoms with E-state index in [1.54, 1.807) is 26.1 Å². The van der Waals surface area contributed by atoms with Crippen LogP contribution in [0, 0.1) is 6.92 Å². The van der Waals surface area contributed by atoms with E-state index < -0.39 is 0 Å². The van der Waals surface area contributed by atoms with Gasteiger partial charge in [0.05, 0.1) is 22.3 Å². The van der Waals surface area contributed by atoms with Crippen LogP contribution in [0.25, 0.3) is 12.2 Å². The number of aromatic nitrogens is 3. The van der Waals surface area contributed by atoms with Crippen LogP contribution in [-0.2, 0) is 0 Å². The molecular formula is C21H26N6O2. The summed E-state index contributed by atoms with van der Waals surface area (Å²) in [5, 5.41) is 6.48. The number of nitrogens with one attached hydrogen (secondary N) is 2. The molecule has 0 spiro atoms. The van der Waals surface area contributed by atoms with Crippen molar-refractivity contribution in [2.24, 2.45) is 4.99 Å². The lowest BCUT2D eigenvalue weighted by Crippen LogP contribution is -2.23. The van der Waals surface area contributed by atoms with Gasteiger partial charge in [0.25, 0.3) is 11.5 Å². The van der Waals surface area contributed by atoms with Crippen LogP contribution >= 0.6 is 0 Å². The average Bonchev–Trinajstić information content (AvgIpc) is 2.99. The minimum absolute atomic E-state index is 0.0875. The monoisotopic (exact) mass is 394 g/mol. The number of hydrogen-bond donors (Lipinski definition) is 2. The van der Waals surface area contributed by atoms with E-state index in [0.717, 1.165) is 11.4 Å². The predicted molar refractivity (Wildman–Crippen MR) is 115 cm³/mol. The molecular weight excluding hydrogens is 368 g/mol. The Morgan fingerprint density at radius 3 is 2.62 bits per heavy atom. The van der Waals surface area contributed by atoms with Crippen LogP contribution in [-0.4, -0.2) is 41.6 Å². The molecule has 8 nitrogen and oxygen atoms in total. The standard InChI is InChI=1S/C21H26N6O2/c1-11(2)17-12(3)21(29)27-19(24-17)18(13(4)25-27)23-16-9-8-14(26(6)7)10-15(16)20(28)22-5/h8-11,25H,4H2,1-3,5-7H3,(H,22,28). The van der Waals surface area contributed by atoms with E-state index in [0.29, 0.717) is 33.2 Å². The second kappa shape index (κ2) is 7.54. The molecule has 0 aliphatic rings. The first-order valence-electron chi connectivity index (χ1n) is 9.38. The largest absolute Gasteiger partial charge is 0.378 e. The van der Waals surface area contributed by atoms with Crippen molar-refractivity contribution in [1.29, 1.82) is 0 Å². The molecule has 1 amide bonds. The van der Waals surface area contributed by atoms with Crippen molar-refractivity contribution >= 4 is 29.5 Å². The predicted octanol–water partition coefficient (Wildman–Crippen LogP) is 1.24. The summed E-state index contributed by atoms with van der Waals surface area (Å²) in [6, 6.07) is 5.43. The minimum Gasteiger partial charge on any atom is -0.378 e. The third kappa shape index (κ3) is 3.53. The van der Waals surface area contributed by atoms with Crippen molar-refractivity contribution in [3.8, 4) is 0 Å². The molecule has 0 bridgehead atoms. The molecule has 8 heteroatoms. The number of aromatic amines is 1. The summed E-state index contributed by atoms with van der Waals surface area (Å²) >= 11 is 0. The summed E-state index contributed by atoms with van der Waals surface area (Å²) in [6.07, 6.45) is 0. The Hall–Kier alpha value is -3.42. The fraction of sp³-hybridized carbons (Fsp3) is 0.333. The van der Waals surface area contributed by atoms with Gasteiger partial charge in [-0.05, 0) is 31.0 Å². The Balaban J connectivity index is 2.37. The first-order valence-corrected chi connectivity index (χ1v) is 9.38. The molecule has 3 rings (SSSR count). The summed E-state index contributed by atoms with van der Waals surface area (Å²) in [7, 11) is 5.38. The van der Waals surface area contributed by atoms with Crippen molar-refractivity contribution in [3.05, 3.63) is 56.1 Å². The Labute approximate surface area is 168 Å². The number of nitrogens with zero attached hydrogens (tertiary/aromatic N) is 4. The van der Waals surface area contributed by atoms with E-state index in [2.05, 4.69) is 27.0 Å². The van der Waals surface area contributed by atoms with E-state index in [1.165, 1.54) is 4.52 Å². The molecule has 0 radical (unpaired) electrons. The highest BCUT2D eigenvalue weighted by atomic mass is 16.1. The lowest BCUT2D eigenvalue weighted by Gasteiger charge is -2.14. The number of fused-ring (bicyclic) bond motifs is 1. The molecule has 2 aromatic heterocycles. The number of anilines is 1. The third-order valence-corrected chi connectivity index (χ3v) is 4.84. The molecule has 0 aliphatic carbocycles. The summed E-state index contributed by atoms with van der Waals surface area (Å²) in [6.45, 7) is 9.73. The molecule has 0 saturated carbocycles. The second-order valence-electron chi connectivity index (χ2n) is 7.47. The van der Waals surface area contributed by atoms with Crippen LogP contribution in [0.3, 0.4) is 0 Å². The summed E-state index contributed by atoms with van der Waals surface area (Å²) in [4.78, 5) is 36.5. The van der Waals surface area contributed by atoms with E-state index in [4.69, 9.17) is 0 Å². The fourth-order valence-electron chi connectivity index (χ4n) is 3.22. The van der Waals surface area contributed by atoms with Gasteiger partial charge >= 0.3 is 0 Å². The molecule has 2 N–H and O–H groups in total. The number of carbonyl (C=O) groups excluding carboxylic acids is 1. The number of hydrogen-bond acceptors (Lipinski definition) is 5. The minimum atomic E-state index is -0.248. The first-order chi connectivity index (χ1) is 13.6. The number of amides is 1. The van der Waals surface area contributed by atoms with Gasteiger partial charge in [0.15, 0.2) is 5.65 Å². The smallest absolute Gasteiger partial charge is 0.275 e. The van der Waals surface area contributed by atoms with E-state index >= 15 is 0 Å². The number of carbonyl (C=O) groups is 1. The van der Waals surface area contributed by atoms with E-state index in [-0.39, 0.29) is 17.4 Å². The molecule has 3 aromatic rings. The van der Waals surface area contributed by atoms with Gasteiger partial charge < -0.3 is 10.2 Å². The Kier molecular flexibility index (Phi) is 5.28. The topological polar surface area (TPSA) is 94.9 Å². The first kappa shape index (κ1) is 20.3. The highest BCUT2D eigenvalue weighted by Gasteiger charge is 2.16. The Bertz CT molecular complexity index is 1270. The SMILES string of the molecule is C=c1[nH]n2c(=O)c(C)c(C(C)C)nc2c1=Nc1ccc(N(C)C)cc1C(=O)NC. The lowest BCUT2D eigenvalue weighted by atomic mass is 10.1. The molecule has 0 aliphatic heterocycles. The van der Waals surface area contributed by atoms with Crippen LogP contribution in [0.1, 0.15) is 41.4 Å². The van der Waals surface area contributed by atoms with Crippen molar-refractivity contribution in [2.45, 2.75) is 26.7 Å². The average molecular weight is 394 g/mol. The van der Waals surface area contributed by atoms with Gasteiger partial charge in [0.1, 0.15) is 5.36 Å². The van der Waals surface area contributed by atoms with Crippen LogP contribution in [0.2, 0.25) is 0 Å². The maximum absolute atomic E-state index is 12.8. The van der Waals surface area contributed by atoms with Crippen molar-refractivity contribution in [2.75, 3.05) is 26.0 Å². The maximum atomic E-state index is 12.8. The summed E-state index contributed by atoms with van der Waals surface area (Å²) in [5.74, 6) is -0.161. The molecule has 2 heterocycles. The molecule has 1 aromatic carbocycles. The summed E-state index contributed by atoms with van der Waals surface area (Å²) < 4.78 is 1.36. The highest BCUT2D eigenvalue weighted by molar-refractivity contribution is 5.99. The van der Waals surface area contributed by atoms with Gasteiger partial charge in [0.2, 0.25) is 0 Å². The van der Waals surface area contributed by atoms with Gasteiger partial charge in [-0.3, -0.25) is 14.7 Å². The molecule has 0 saturated heterocycles. The van der Waals surface area contributed by atoms with Crippen LogP contribution in [0.4, 0.5) is 11.4 Å². The molecule has 152 valence electrons. The highest BCUT2D eigenvalue weighted by Crippen LogP contribution is 2.24. The zero-order chi connectivity index (χ0) is 21.5. The van der Waals surface area contributed by atoms with E-state index in [1.807, 2.05) is 38.9 Å².